The summed E-state index contributed by atoms with van der Waals surface area (Å²) in [7, 11) is -2.99. The third-order valence-electron chi connectivity index (χ3n) is 5.49. The number of rotatable bonds is 2. The Balaban J connectivity index is 1.90. The van der Waals surface area contributed by atoms with Crippen molar-refractivity contribution in [2.75, 3.05) is 17.3 Å². The van der Waals surface area contributed by atoms with Gasteiger partial charge in [-0.05, 0) is 37.5 Å². The van der Waals surface area contributed by atoms with E-state index in [1.54, 1.807) is 43.4 Å². The molecular weight excluding hydrogens is 416 g/mol. The standard InChI is InChI=1S/C20H22O5S3/c1-10-8-12(18(23)17-13(21)4-3-5-14(17)22)11(2)16-19-15(26-6-7-27-19)9-28(24,25)20(10)16/h8,17,24-25H,3-7,9H2,1-2H3. The first-order valence-corrected chi connectivity index (χ1v) is 12.9. The Labute approximate surface area is 174 Å². The molecule has 8 heteroatoms. The topological polar surface area (TPSA) is 91.7 Å². The van der Waals surface area contributed by atoms with Gasteiger partial charge in [0.05, 0.1) is 10.6 Å². The van der Waals surface area contributed by atoms with Gasteiger partial charge in [-0.15, -0.1) is 23.5 Å². The van der Waals surface area contributed by atoms with Crippen LogP contribution < -0.4 is 0 Å². The number of benzene rings is 1. The Morgan fingerprint density at radius 1 is 1.11 bits per heavy atom. The van der Waals surface area contributed by atoms with Crippen molar-refractivity contribution in [1.82, 2.24) is 0 Å². The molecule has 1 aliphatic carbocycles. The van der Waals surface area contributed by atoms with E-state index in [2.05, 4.69) is 0 Å². The van der Waals surface area contributed by atoms with Gasteiger partial charge in [0.1, 0.15) is 5.92 Å². The van der Waals surface area contributed by atoms with E-state index in [0.717, 1.165) is 26.9 Å². The Bertz CT molecular complexity index is 932. The van der Waals surface area contributed by atoms with Crippen LogP contribution in [0.1, 0.15) is 46.3 Å². The first-order valence-electron chi connectivity index (χ1n) is 9.21. The maximum atomic E-state index is 13.2. The summed E-state index contributed by atoms with van der Waals surface area (Å²) in [4.78, 5) is 40.3. The van der Waals surface area contributed by atoms with Gasteiger partial charge < -0.3 is 0 Å². The van der Waals surface area contributed by atoms with Crippen molar-refractivity contribution in [3.05, 3.63) is 33.2 Å². The highest BCUT2D eigenvalue weighted by molar-refractivity contribution is 8.26. The lowest BCUT2D eigenvalue weighted by Gasteiger charge is -2.42. The highest BCUT2D eigenvalue weighted by Gasteiger charge is 2.40. The molecule has 1 aromatic carbocycles. The lowest BCUT2D eigenvalue weighted by atomic mass is 9.80. The molecule has 0 unspecified atom stereocenters. The third kappa shape index (κ3) is 3.19. The molecule has 5 nitrogen and oxygen atoms in total. The second-order valence-corrected chi connectivity index (χ2v) is 11.7. The molecule has 0 atom stereocenters. The first kappa shape index (κ1) is 20.2. The third-order valence-corrected chi connectivity index (χ3v) is 10.2. The predicted octanol–water partition coefficient (Wildman–Crippen LogP) is 4.70. The quantitative estimate of drug-likeness (QED) is 0.511. The minimum atomic E-state index is -2.99. The molecular formula is C20H22O5S3. The van der Waals surface area contributed by atoms with E-state index in [1.807, 2.05) is 0 Å². The Morgan fingerprint density at radius 3 is 2.43 bits per heavy atom. The minimum absolute atomic E-state index is 0.222. The Kier molecular flexibility index (Phi) is 5.29. The maximum absolute atomic E-state index is 13.2. The van der Waals surface area contributed by atoms with E-state index in [4.69, 9.17) is 0 Å². The average Bonchev–Trinajstić information content (AvgIpc) is 2.62. The number of fused-ring (bicyclic) bond motifs is 2. The Morgan fingerprint density at radius 2 is 1.75 bits per heavy atom. The maximum Gasteiger partial charge on any atom is 0.181 e. The molecule has 0 radical (unpaired) electrons. The summed E-state index contributed by atoms with van der Waals surface area (Å²) in [5.41, 5.74) is 2.34. The van der Waals surface area contributed by atoms with Crippen LogP contribution in [-0.4, -0.2) is 43.7 Å². The summed E-state index contributed by atoms with van der Waals surface area (Å²) in [6, 6.07) is 1.63. The summed E-state index contributed by atoms with van der Waals surface area (Å²) in [6.45, 7) is 3.55. The van der Waals surface area contributed by atoms with Crippen molar-refractivity contribution in [3.63, 3.8) is 0 Å². The van der Waals surface area contributed by atoms with E-state index >= 15 is 0 Å². The number of carbonyl (C=O) groups excluding carboxylic acids is 3. The molecule has 2 aliphatic heterocycles. The average molecular weight is 439 g/mol. The lowest BCUT2D eigenvalue weighted by Crippen LogP contribution is -2.36. The fourth-order valence-electron chi connectivity index (χ4n) is 4.22. The van der Waals surface area contributed by atoms with Crippen molar-refractivity contribution in [1.29, 1.82) is 0 Å². The molecule has 150 valence electrons. The molecule has 3 aliphatic rings. The van der Waals surface area contributed by atoms with E-state index in [0.29, 0.717) is 28.0 Å². The van der Waals surface area contributed by atoms with Gasteiger partial charge in [-0.25, -0.2) is 0 Å². The van der Waals surface area contributed by atoms with Gasteiger partial charge >= 0.3 is 0 Å². The molecule has 0 bridgehead atoms. The van der Waals surface area contributed by atoms with Gasteiger partial charge in [-0.3, -0.25) is 23.5 Å². The van der Waals surface area contributed by atoms with Crippen LogP contribution in [0.3, 0.4) is 0 Å². The van der Waals surface area contributed by atoms with Crippen LogP contribution in [0.4, 0.5) is 0 Å². The van der Waals surface area contributed by atoms with Gasteiger partial charge in [-0.1, -0.05) is 0 Å². The number of ketones is 3. The van der Waals surface area contributed by atoms with Gasteiger partial charge in [0.15, 0.2) is 17.3 Å². The van der Waals surface area contributed by atoms with Crippen LogP contribution in [0.15, 0.2) is 15.9 Å². The van der Waals surface area contributed by atoms with Gasteiger partial charge in [-0.2, -0.15) is 10.6 Å². The molecule has 4 rings (SSSR count). The van der Waals surface area contributed by atoms with E-state index in [9.17, 15) is 23.5 Å². The molecule has 0 aromatic heterocycles. The number of aryl methyl sites for hydroxylation is 1. The van der Waals surface area contributed by atoms with E-state index < -0.39 is 22.3 Å². The summed E-state index contributed by atoms with van der Waals surface area (Å²) < 4.78 is 21.6. The van der Waals surface area contributed by atoms with Crippen molar-refractivity contribution in [2.45, 2.75) is 38.0 Å². The fraction of sp³-hybridized carbons (Fsp3) is 0.450. The van der Waals surface area contributed by atoms with Gasteiger partial charge in [0.2, 0.25) is 0 Å². The molecule has 0 amide bonds. The van der Waals surface area contributed by atoms with Crippen molar-refractivity contribution in [3.8, 4) is 0 Å². The van der Waals surface area contributed by atoms with E-state index in [1.165, 1.54) is 0 Å². The number of hydrogen-bond donors (Lipinski definition) is 2. The van der Waals surface area contributed by atoms with Gasteiger partial charge in [0, 0.05) is 45.3 Å². The number of thioether (sulfide) groups is 2. The van der Waals surface area contributed by atoms with Crippen molar-refractivity contribution < 1.29 is 23.5 Å². The lowest BCUT2D eigenvalue weighted by molar-refractivity contribution is -0.133. The normalized spacial score (nSPS) is 23.3. The molecule has 1 saturated carbocycles. The molecule has 1 fully saturated rings. The van der Waals surface area contributed by atoms with Crippen LogP contribution in [-0.2, 0) is 9.59 Å². The van der Waals surface area contributed by atoms with Crippen LogP contribution in [0, 0.1) is 19.8 Å². The molecule has 2 heterocycles. The Hall–Kier alpha value is -1.06. The largest absolute Gasteiger partial charge is 0.298 e. The number of carbonyl (C=O) groups is 3. The van der Waals surface area contributed by atoms with Crippen LogP contribution in [0.25, 0.3) is 4.91 Å². The van der Waals surface area contributed by atoms with Crippen LogP contribution >= 0.6 is 34.1 Å². The summed E-state index contributed by atoms with van der Waals surface area (Å²) in [5, 5.41) is 0. The van der Waals surface area contributed by atoms with E-state index in [-0.39, 0.29) is 30.2 Å². The fourth-order valence-corrected chi connectivity index (χ4v) is 9.35. The zero-order chi connectivity index (χ0) is 20.2. The van der Waals surface area contributed by atoms with Crippen molar-refractivity contribution >= 4 is 56.4 Å². The van der Waals surface area contributed by atoms with Gasteiger partial charge in [0.25, 0.3) is 0 Å². The second-order valence-electron chi connectivity index (χ2n) is 7.41. The molecule has 2 N–H and O–H groups in total. The highest BCUT2D eigenvalue weighted by atomic mass is 32.3. The van der Waals surface area contributed by atoms with Crippen LogP contribution in [0.5, 0.6) is 0 Å². The second kappa shape index (κ2) is 7.32. The predicted molar refractivity (Wildman–Crippen MR) is 115 cm³/mol. The molecule has 28 heavy (non-hydrogen) atoms. The van der Waals surface area contributed by atoms with Crippen molar-refractivity contribution in [2.24, 2.45) is 5.92 Å². The monoisotopic (exact) mass is 438 g/mol. The number of Topliss-reactive ketones (excluding diaryl/α,β-unsaturated/α-hetero) is 3. The zero-order valence-electron chi connectivity index (χ0n) is 15.7. The van der Waals surface area contributed by atoms with Crippen LogP contribution in [0.2, 0.25) is 0 Å². The molecule has 0 saturated heterocycles. The summed E-state index contributed by atoms with van der Waals surface area (Å²) >= 11 is 3.31. The zero-order valence-corrected chi connectivity index (χ0v) is 18.2. The smallest absolute Gasteiger partial charge is 0.181 e. The minimum Gasteiger partial charge on any atom is -0.298 e. The molecule has 1 aromatic rings. The molecule has 0 spiro atoms. The highest BCUT2D eigenvalue weighted by Crippen LogP contribution is 2.63. The summed E-state index contributed by atoms with van der Waals surface area (Å²) in [6.07, 6.45) is 1.02. The summed E-state index contributed by atoms with van der Waals surface area (Å²) in [5.74, 6) is -0.216. The SMILES string of the molecule is Cc1cc(C(=O)C2C(=O)CCCC2=O)c(C)c2c1S(O)(O)CC1=C2SCCS1. The first-order chi connectivity index (χ1) is 13.2. The number of hydrogen-bond acceptors (Lipinski definition) is 7.